The predicted molar refractivity (Wildman–Crippen MR) is 46.2 cm³/mol. The third kappa shape index (κ3) is 1.94. The highest BCUT2D eigenvalue weighted by Gasteiger charge is 2.03. The molecule has 0 saturated carbocycles. The molecule has 2 aromatic heterocycles. The maximum atomic E-state index is 5.39. The van der Waals surface area contributed by atoms with Crippen LogP contribution in [0.4, 0.5) is 0 Å². The molecular weight excluding hydrogens is 184 g/mol. The third-order valence-electron chi connectivity index (χ3n) is 1.70. The van der Waals surface area contributed by atoms with E-state index in [0.717, 1.165) is 12.1 Å². The van der Waals surface area contributed by atoms with Gasteiger partial charge in [0, 0.05) is 12.6 Å². The van der Waals surface area contributed by atoms with E-state index in [4.69, 9.17) is 5.73 Å². The molecule has 0 aliphatic carbocycles. The van der Waals surface area contributed by atoms with E-state index in [-0.39, 0.29) is 0 Å². The minimum atomic E-state index is 0.466. The second-order valence-corrected chi connectivity index (χ2v) is 2.79. The van der Waals surface area contributed by atoms with Crippen molar-refractivity contribution in [2.45, 2.75) is 13.0 Å². The van der Waals surface area contributed by atoms with E-state index in [0.29, 0.717) is 18.9 Å². The van der Waals surface area contributed by atoms with Gasteiger partial charge in [0.25, 0.3) is 0 Å². The third-order valence-corrected chi connectivity index (χ3v) is 1.70. The Morgan fingerprint density at radius 2 is 2.43 bits per heavy atom. The summed E-state index contributed by atoms with van der Waals surface area (Å²) in [6.07, 6.45) is 3.84. The molecule has 7 heteroatoms. The van der Waals surface area contributed by atoms with Gasteiger partial charge < -0.3 is 10.3 Å². The quantitative estimate of drug-likeness (QED) is 0.685. The second-order valence-electron chi connectivity index (χ2n) is 2.79. The highest BCUT2D eigenvalue weighted by Crippen LogP contribution is 1.96. The van der Waals surface area contributed by atoms with Crippen LogP contribution in [-0.4, -0.2) is 31.7 Å². The molecule has 7 nitrogen and oxygen atoms in total. The average molecular weight is 194 g/mol. The molecule has 0 aromatic carbocycles. The number of hydrogen-bond donors (Lipinski definition) is 1. The SMILES string of the molecule is NCCc1cn(Cc2ncon2)nn1. The molecule has 0 fully saturated rings. The first kappa shape index (κ1) is 8.82. The van der Waals surface area contributed by atoms with E-state index in [1.807, 2.05) is 6.20 Å². The van der Waals surface area contributed by atoms with Crippen molar-refractivity contribution in [2.75, 3.05) is 6.54 Å². The molecule has 2 heterocycles. The Labute approximate surface area is 79.9 Å². The van der Waals surface area contributed by atoms with Gasteiger partial charge in [-0.2, -0.15) is 4.98 Å². The monoisotopic (exact) mass is 194 g/mol. The van der Waals surface area contributed by atoms with Gasteiger partial charge in [-0.3, -0.25) is 0 Å². The molecule has 0 amide bonds. The smallest absolute Gasteiger partial charge is 0.213 e. The molecule has 0 aliphatic heterocycles. The number of aromatic nitrogens is 5. The van der Waals surface area contributed by atoms with Crippen LogP contribution in [0.2, 0.25) is 0 Å². The van der Waals surface area contributed by atoms with Crippen LogP contribution >= 0.6 is 0 Å². The van der Waals surface area contributed by atoms with Crippen molar-refractivity contribution < 1.29 is 4.52 Å². The summed E-state index contributed by atoms with van der Waals surface area (Å²) in [5.74, 6) is 0.578. The molecule has 0 aliphatic rings. The van der Waals surface area contributed by atoms with Gasteiger partial charge in [-0.15, -0.1) is 5.10 Å². The summed E-state index contributed by atoms with van der Waals surface area (Å²) in [6, 6.07) is 0. The van der Waals surface area contributed by atoms with Crippen molar-refractivity contribution in [3.63, 3.8) is 0 Å². The first-order valence-corrected chi connectivity index (χ1v) is 4.23. The molecule has 0 saturated heterocycles. The summed E-state index contributed by atoms with van der Waals surface area (Å²) >= 11 is 0. The summed E-state index contributed by atoms with van der Waals surface area (Å²) in [7, 11) is 0. The van der Waals surface area contributed by atoms with Crippen molar-refractivity contribution in [1.29, 1.82) is 0 Å². The maximum Gasteiger partial charge on any atom is 0.213 e. The number of nitrogens with zero attached hydrogens (tertiary/aromatic N) is 5. The van der Waals surface area contributed by atoms with Crippen molar-refractivity contribution in [1.82, 2.24) is 25.1 Å². The number of hydrogen-bond acceptors (Lipinski definition) is 6. The van der Waals surface area contributed by atoms with Crippen molar-refractivity contribution >= 4 is 0 Å². The van der Waals surface area contributed by atoms with Crippen molar-refractivity contribution in [3.8, 4) is 0 Å². The molecule has 0 radical (unpaired) electrons. The van der Waals surface area contributed by atoms with E-state index < -0.39 is 0 Å². The fourth-order valence-electron chi connectivity index (χ4n) is 1.09. The average Bonchev–Trinajstić information content (AvgIpc) is 2.79. The lowest BCUT2D eigenvalue weighted by Crippen LogP contribution is -2.03. The molecule has 2 aromatic rings. The lowest BCUT2D eigenvalue weighted by Gasteiger charge is -1.91. The van der Waals surface area contributed by atoms with E-state index in [9.17, 15) is 0 Å². The van der Waals surface area contributed by atoms with Crippen molar-refractivity contribution in [3.05, 3.63) is 24.1 Å². The van der Waals surface area contributed by atoms with E-state index in [2.05, 4.69) is 25.0 Å². The Morgan fingerprint density at radius 1 is 1.50 bits per heavy atom. The topological polar surface area (TPSA) is 95.7 Å². The van der Waals surface area contributed by atoms with E-state index >= 15 is 0 Å². The van der Waals surface area contributed by atoms with Gasteiger partial charge in [-0.1, -0.05) is 10.4 Å². The second kappa shape index (κ2) is 3.97. The minimum absolute atomic E-state index is 0.466. The standard InChI is InChI=1S/C7H10N6O/c8-2-1-6-3-13(12-10-6)4-7-9-5-14-11-7/h3,5H,1-2,4,8H2. The summed E-state index contributed by atoms with van der Waals surface area (Å²) in [5.41, 5.74) is 6.26. The molecule has 0 spiro atoms. The van der Waals surface area contributed by atoms with Gasteiger partial charge in [0.15, 0.2) is 5.82 Å². The number of nitrogens with two attached hydrogens (primary N) is 1. The molecule has 0 atom stereocenters. The Kier molecular flexibility index (Phi) is 2.50. The fraction of sp³-hybridized carbons (Fsp3) is 0.429. The number of rotatable bonds is 4. The summed E-state index contributed by atoms with van der Waals surface area (Å²) in [5, 5.41) is 11.5. The lowest BCUT2D eigenvalue weighted by molar-refractivity contribution is 0.406. The van der Waals surface area contributed by atoms with Gasteiger partial charge >= 0.3 is 0 Å². The maximum absolute atomic E-state index is 5.39. The first-order valence-electron chi connectivity index (χ1n) is 4.23. The van der Waals surface area contributed by atoms with E-state index in [1.54, 1.807) is 4.68 Å². The molecule has 2 rings (SSSR count). The van der Waals surface area contributed by atoms with Gasteiger partial charge in [0.1, 0.15) is 6.54 Å². The van der Waals surface area contributed by atoms with Crippen LogP contribution in [0.15, 0.2) is 17.1 Å². The van der Waals surface area contributed by atoms with Crippen LogP contribution in [0, 0.1) is 0 Å². The van der Waals surface area contributed by atoms with Gasteiger partial charge in [-0.25, -0.2) is 4.68 Å². The molecule has 2 N–H and O–H groups in total. The zero-order valence-electron chi connectivity index (χ0n) is 7.50. The first-order chi connectivity index (χ1) is 6.88. The molecule has 74 valence electrons. The van der Waals surface area contributed by atoms with Crippen LogP contribution in [0.5, 0.6) is 0 Å². The summed E-state index contributed by atoms with van der Waals surface area (Å²) in [4.78, 5) is 3.88. The lowest BCUT2D eigenvalue weighted by atomic mass is 10.3. The van der Waals surface area contributed by atoms with Crippen LogP contribution in [-0.2, 0) is 13.0 Å². The van der Waals surface area contributed by atoms with Crippen LogP contribution < -0.4 is 5.73 Å². The molecule has 14 heavy (non-hydrogen) atoms. The van der Waals surface area contributed by atoms with E-state index in [1.165, 1.54) is 6.39 Å². The van der Waals surface area contributed by atoms with Crippen molar-refractivity contribution in [2.24, 2.45) is 5.73 Å². The zero-order valence-corrected chi connectivity index (χ0v) is 7.50. The predicted octanol–water partition coefficient (Wildman–Crippen LogP) is -0.789. The Morgan fingerprint density at radius 3 is 3.14 bits per heavy atom. The summed E-state index contributed by atoms with van der Waals surface area (Å²) < 4.78 is 6.25. The largest absolute Gasteiger partial charge is 0.343 e. The van der Waals surface area contributed by atoms with Crippen LogP contribution in [0.1, 0.15) is 11.5 Å². The van der Waals surface area contributed by atoms with Gasteiger partial charge in [0.2, 0.25) is 6.39 Å². The van der Waals surface area contributed by atoms with Crippen LogP contribution in [0.25, 0.3) is 0 Å². The van der Waals surface area contributed by atoms with Crippen LogP contribution in [0.3, 0.4) is 0 Å². The zero-order chi connectivity index (χ0) is 9.80. The van der Waals surface area contributed by atoms with Gasteiger partial charge in [0.05, 0.1) is 5.69 Å². The highest BCUT2D eigenvalue weighted by atomic mass is 16.5. The highest BCUT2D eigenvalue weighted by molar-refractivity contribution is 4.94. The molecule has 0 bridgehead atoms. The Bertz CT molecular complexity index is 381. The van der Waals surface area contributed by atoms with Gasteiger partial charge in [-0.05, 0) is 6.54 Å². The Balaban J connectivity index is 2.03. The minimum Gasteiger partial charge on any atom is -0.343 e. The molecular formula is C7H10N6O. The fourth-order valence-corrected chi connectivity index (χ4v) is 1.09. The Hall–Kier alpha value is -1.76. The molecule has 0 unspecified atom stereocenters. The summed E-state index contributed by atoms with van der Waals surface area (Å²) in [6.45, 7) is 1.04. The normalized spacial score (nSPS) is 10.6.